The second-order valence-corrected chi connectivity index (χ2v) is 5.89. The molecule has 1 atom stereocenters. The van der Waals surface area contributed by atoms with E-state index >= 15 is 0 Å². The topological polar surface area (TPSA) is 44.5 Å². The number of hydrogen-bond acceptors (Lipinski definition) is 3. The molecule has 4 rings (SSSR count). The highest BCUT2D eigenvalue weighted by Crippen LogP contribution is 2.30. The molecular weight excluding hydrogens is 262 g/mol. The first-order chi connectivity index (χ1) is 10.3. The third kappa shape index (κ3) is 2.67. The number of rotatable bonds is 4. The Morgan fingerprint density at radius 1 is 1.00 bits per heavy atom. The van der Waals surface area contributed by atoms with Gasteiger partial charge in [0, 0.05) is 0 Å². The predicted octanol–water partition coefficient (Wildman–Crippen LogP) is 3.31. The Kier molecular flexibility index (Phi) is 3.17. The molecule has 2 aromatic rings. The fraction of sp³-hybridized carbons (Fsp3) is 0.333. The summed E-state index contributed by atoms with van der Waals surface area (Å²) in [7, 11) is 0. The Morgan fingerprint density at radius 2 is 1.81 bits per heavy atom. The number of fused-ring (bicyclic) bond motifs is 1. The van der Waals surface area contributed by atoms with E-state index < -0.39 is 0 Å². The van der Waals surface area contributed by atoms with E-state index in [1.165, 1.54) is 24.0 Å². The van der Waals surface area contributed by atoms with Crippen molar-refractivity contribution in [2.45, 2.75) is 38.2 Å². The molecule has 2 aromatic carbocycles. The van der Waals surface area contributed by atoms with Crippen LogP contribution in [0.15, 0.2) is 42.5 Å². The van der Waals surface area contributed by atoms with Gasteiger partial charge in [0.25, 0.3) is 0 Å². The number of benzene rings is 2. The lowest BCUT2D eigenvalue weighted by molar-refractivity contribution is 0.134. The van der Waals surface area contributed by atoms with Crippen LogP contribution in [-0.2, 0) is 18.0 Å². The quantitative estimate of drug-likeness (QED) is 0.935. The molecule has 108 valence electrons. The molecule has 1 heterocycles. The van der Waals surface area contributed by atoms with Crippen LogP contribution in [0.25, 0.3) is 0 Å². The van der Waals surface area contributed by atoms with Crippen molar-refractivity contribution in [2.75, 3.05) is 0 Å². The van der Waals surface area contributed by atoms with Crippen molar-refractivity contribution in [1.29, 1.82) is 0 Å². The van der Waals surface area contributed by atoms with E-state index in [0.717, 1.165) is 23.5 Å². The van der Waals surface area contributed by atoms with Gasteiger partial charge in [0.1, 0.15) is 5.75 Å². The molecule has 0 radical (unpaired) electrons. The second kappa shape index (κ2) is 5.17. The molecule has 0 bridgehead atoms. The molecule has 0 aromatic heterocycles. The molecule has 0 amide bonds. The maximum absolute atomic E-state index is 6.43. The number of hydrogen-bond donors (Lipinski definition) is 1. The Labute approximate surface area is 124 Å². The second-order valence-electron chi connectivity index (χ2n) is 5.89. The van der Waals surface area contributed by atoms with Crippen LogP contribution in [0.3, 0.4) is 0 Å². The largest absolute Gasteiger partial charge is 0.490 e. The van der Waals surface area contributed by atoms with Crippen LogP contribution in [0.4, 0.5) is 0 Å². The smallest absolute Gasteiger partial charge is 0.120 e. The molecule has 1 saturated carbocycles. The maximum atomic E-state index is 6.43. The Hall–Kier alpha value is -1.84. The van der Waals surface area contributed by atoms with Crippen molar-refractivity contribution >= 4 is 0 Å². The lowest BCUT2D eigenvalue weighted by Crippen LogP contribution is -2.12. The summed E-state index contributed by atoms with van der Waals surface area (Å²) >= 11 is 0. The minimum atomic E-state index is -0.126. The van der Waals surface area contributed by atoms with Crippen molar-refractivity contribution in [3.05, 3.63) is 64.7 Å². The molecule has 0 spiro atoms. The van der Waals surface area contributed by atoms with Crippen LogP contribution in [0, 0.1) is 0 Å². The Balaban J connectivity index is 1.59. The van der Waals surface area contributed by atoms with E-state index in [1.54, 1.807) is 0 Å². The van der Waals surface area contributed by atoms with Crippen LogP contribution in [-0.4, -0.2) is 6.10 Å². The van der Waals surface area contributed by atoms with Crippen molar-refractivity contribution in [1.82, 2.24) is 0 Å². The first-order valence-electron chi connectivity index (χ1n) is 7.51. The average Bonchev–Trinajstić information content (AvgIpc) is 3.20. The van der Waals surface area contributed by atoms with Crippen LogP contribution >= 0.6 is 0 Å². The van der Waals surface area contributed by atoms with Gasteiger partial charge >= 0.3 is 0 Å². The lowest BCUT2D eigenvalue weighted by atomic mass is 9.96. The SMILES string of the molecule is NC(c1cccc(OC2CC2)c1)c1ccc2c(c1)COC2. The minimum absolute atomic E-state index is 0.126. The molecular formula is C18H19NO2. The van der Waals surface area contributed by atoms with E-state index in [9.17, 15) is 0 Å². The van der Waals surface area contributed by atoms with Gasteiger partial charge in [0.15, 0.2) is 0 Å². The van der Waals surface area contributed by atoms with Gasteiger partial charge in [-0.1, -0.05) is 30.3 Å². The number of ether oxygens (including phenoxy) is 2. The van der Waals surface area contributed by atoms with Crippen LogP contribution < -0.4 is 10.5 Å². The van der Waals surface area contributed by atoms with Gasteiger partial charge < -0.3 is 15.2 Å². The summed E-state index contributed by atoms with van der Waals surface area (Å²) in [6.07, 6.45) is 2.75. The molecule has 1 aliphatic carbocycles. The molecule has 1 fully saturated rings. The van der Waals surface area contributed by atoms with Crippen molar-refractivity contribution in [3.63, 3.8) is 0 Å². The van der Waals surface area contributed by atoms with Crippen LogP contribution in [0.1, 0.15) is 41.1 Å². The Morgan fingerprint density at radius 3 is 2.67 bits per heavy atom. The third-order valence-corrected chi connectivity index (χ3v) is 4.15. The highest BCUT2D eigenvalue weighted by Gasteiger charge is 2.23. The van der Waals surface area contributed by atoms with Gasteiger partial charge in [0.2, 0.25) is 0 Å². The summed E-state index contributed by atoms with van der Waals surface area (Å²) in [6.45, 7) is 1.41. The molecule has 3 nitrogen and oxygen atoms in total. The van der Waals surface area contributed by atoms with Crippen molar-refractivity contribution in [2.24, 2.45) is 5.73 Å². The molecule has 1 unspecified atom stereocenters. The molecule has 2 aliphatic rings. The van der Waals surface area contributed by atoms with E-state index in [0.29, 0.717) is 12.7 Å². The summed E-state index contributed by atoms with van der Waals surface area (Å²) in [4.78, 5) is 0. The van der Waals surface area contributed by atoms with Crippen molar-refractivity contribution in [3.8, 4) is 5.75 Å². The third-order valence-electron chi connectivity index (χ3n) is 4.15. The van der Waals surface area contributed by atoms with Gasteiger partial charge in [-0.25, -0.2) is 0 Å². The summed E-state index contributed by atoms with van der Waals surface area (Å²) in [5, 5.41) is 0. The first-order valence-corrected chi connectivity index (χ1v) is 7.51. The summed E-state index contributed by atoms with van der Waals surface area (Å²) in [5.41, 5.74) is 11.2. The van der Waals surface area contributed by atoms with Crippen molar-refractivity contribution < 1.29 is 9.47 Å². The summed E-state index contributed by atoms with van der Waals surface area (Å²) < 4.78 is 11.3. The molecule has 2 N–H and O–H groups in total. The highest BCUT2D eigenvalue weighted by molar-refractivity contribution is 5.40. The van der Waals surface area contributed by atoms with Gasteiger partial charge in [-0.05, 0) is 47.2 Å². The van der Waals surface area contributed by atoms with Crippen LogP contribution in [0.5, 0.6) is 5.75 Å². The molecule has 21 heavy (non-hydrogen) atoms. The minimum Gasteiger partial charge on any atom is -0.490 e. The standard InChI is InChI=1S/C18H19NO2/c19-18(13-4-5-14-10-20-11-15(14)8-13)12-2-1-3-17(9-12)21-16-6-7-16/h1-5,8-9,16,18H,6-7,10-11,19H2. The zero-order valence-corrected chi connectivity index (χ0v) is 11.9. The zero-order valence-electron chi connectivity index (χ0n) is 11.9. The molecule has 0 saturated heterocycles. The van der Waals surface area contributed by atoms with E-state index in [4.69, 9.17) is 15.2 Å². The summed E-state index contributed by atoms with van der Waals surface area (Å²) in [5.74, 6) is 0.926. The maximum Gasteiger partial charge on any atom is 0.120 e. The van der Waals surface area contributed by atoms with Gasteiger partial charge in [0.05, 0.1) is 25.4 Å². The van der Waals surface area contributed by atoms with Gasteiger partial charge in [-0.15, -0.1) is 0 Å². The van der Waals surface area contributed by atoms with Gasteiger partial charge in [-0.3, -0.25) is 0 Å². The zero-order chi connectivity index (χ0) is 14.2. The average molecular weight is 281 g/mol. The van der Waals surface area contributed by atoms with E-state index in [-0.39, 0.29) is 6.04 Å². The fourth-order valence-electron chi connectivity index (χ4n) is 2.74. The molecule has 3 heteroatoms. The predicted molar refractivity (Wildman–Crippen MR) is 81.1 cm³/mol. The lowest BCUT2D eigenvalue weighted by Gasteiger charge is -2.15. The monoisotopic (exact) mass is 281 g/mol. The summed E-state index contributed by atoms with van der Waals surface area (Å²) in [6, 6.07) is 14.4. The normalized spacial score (nSPS) is 18.3. The highest BCUT2D eigenvalue weighted by atomic mass is 16.5. The Bertz CT molecular complexity index is 664. The van der Waals surface area contributed by atoms with Crippen LogP contribution in [0.2, 0.25) is 0 Å². The molecule has 1 aliphatic heterocycles. The van der Waals surface area contributed by atoms with Gasteiger partial charge in [-0.2, -0.15) is 0 Å². The van der Waals surface area contributed by atoms with E-state index in [2.05, 4.69) is 30.3 Å². The fourth-order valence-corrected chi connectivity index (χ4v) is 2.74. The van der Waals surface area contributed by atoms with E-state index in [1.807, 2.05) is 12.1 Å². The number of nitrogens with two attached hydrogens (primary N) is 1. The first kappa shape index (κ1) is 12.9.